The first-order valence-corrected chi connectivity index (χ1v) is 7.93. The lowest BCUT2D eigenvalue weighted by Crippen LogP contribution is -2.52. The molecule has 3 rings (SSSR count). The number of hydrogen-bond acceptors (Lipinski definition) is 3. The van der Waals surface area contributed by atoms with Crippen molar-refractivity contribution >= 4 is 11.6 Å². The van der Waals surface area contributed by atoms with Crippen LogP contribution in [-0.2, 0) is 11.3 Å². The average Bonchev–Trinajstić information content (AvgIpc) is 2.53. The fraction of sp³-hybridized carbons (Fsp3) is 0.316. The van der Waals surface area contributed by atoms with Crippen LogP contribution in [0.5, 0.6) is 5.75 Å². The third-order valence-electron chi connectivity index (χ3n) is 4.18. The molecule has 1 heterocycles. The zero-order chi connectivity index (χ0) is 17.5. The SMILES string of the molecule is CC(N)c1ccc2c(c1)N(Cc1ccc(F)cc1)C(=O)C(C)(C)O2. The van der Waals surface area contributed by atoms with Gasteiger partial charge in [-0.2, -0.15) is 0 Å². The second-order valence-corrected chi connectivity index (χ2v) is 6.65. The smallest absolute Gasteiger partial charge is 0.271 e. The summed E-state index contributed by atoms with van der Waals surface area (Å²) in [6, 6.07) is 11.6. The maximum absolute atomic E-state index is 13.1. The molecule has 0 saturated carbocycles. The Kier molecular flexibility index (Phi) is 4.05. The summed E-state index contributed by atoms with van der Waals surface area (Å²) in [5.41, 5.74) is 7.47. The molecule has 0 spiro atoms. The van der Waals surface area contributed by atoms with Crippen LogP contribution in [0.15, 0.2) is 42.5 Å². The minimum absolute atomic E-state index is 0.138. The minimum atomic E-state index is -0.955. The number of carbonyl (C=O) groups excluding carboxylic acids is 1. The van der Waals surface area contributed by atoms with Crippen LogP contribution < -0.4 is 15.4 Å². The molecular formula is C19H21FN2O2. The van der Waals surface area contributed by atoms with Crippen LogP contribution in [0.4, 0.5) is 10.1 Å². The third kappa shape index (κ3) is 2.99. The Bertz CT molecular complexity index is 769. The molecule has 0 aliphatic carbocycles. The van der Waals surface area contributed by atoms with E-state index in [4.69, 9.17) is 10.5 Å². The lowest BCUT2D eigenvalue weighted by atomic mass is 10.0. The van der Waals surface area contributed by atoms with Crippen LogP contribution in [0, 0.1) is 5.82 Å². The number of fused-ring (bicyclic) bond motifs is 1. The Morgan fingerprint density at radius 1 is 1.21 bits per heavy atom. The Labute approximate surface area is 141 Å². The normalized spacial score (nSPS) is 17.2. The first-order valence-electron chi connectivity index (χ1n) is 7.93. The Morgan fingerprint density at radius 2 is 1.88 bits per heavy atom. The fourth-order valence-corrected chi connectivity index (χ4v) is 2.80. The maximum Gasteiger partial charge on any atom is 0.271 e. The van der Waals surface area contributed by atoms with Crippen LogP contribution in [-0.4, -0.2) is 11.5 Å². The molecule has 0 fully saturated rings. The van der Waals surface area contributed by atoms with Crippen molar-refractivity contribution in [3.8, 4) is 5.75 Å². The summed E-state index contributed by atoms with van der Waals surface area (Å²) in [6.07, 6.45) is 0. The van der Waals surface area contributed by atoms with Gasteiger partial charge >= 0.3 is 0 Å². The van der Waals surface area contributed by atoms with Gasteiger partial charge in [-0.15, -0.1) is 0 Å². The minimum Gasteiger partial charge on any atom is -0.476 e. The van der Waals surface area contributed by atoms with Gasteiger partial charge in [-0.1, -0.05) is 18.2 Å². The molecule has 2 N–H and O–H groups in total. The zero-order valence-corrected chi connectivity index (χ0v) is 14.0. The fourth-order valence-electron chi connectivity index (χ4n) is 2.80. The van der Waals surface area contributed by atoms with E-state index in [1.54, 1.807) is 30.9 Å². The number of anilines is 1. The molecule has 0 saturated heterocycles. The molecule has 24 heavy (non-hydrogen) atoms. The zero-order valence-electron chi connectivity index (χ0n) is 14.0. The van der Waals surface area contributed by atoms with Gasteiger partial charge in [0.05, 0.1) is 12.2 Å². The van der Waals surface area contributed by atoms with Gasteiger partial charge < -0.3 is 15.4 Å². The van der Waals surface area contributed by atoms with E-state index in [-0.39, 0.29) is 17.8 Å². The number of rotatable bonds is 3. The van der Waals surface area contributed by atoms with E-state index in [9.17, 15) is 9.18 Å². The predicted molar refractivity (Wildman–Crippen MR) is 91.3 cm³/mol. The highest BCUT2D eigenvalue weighted by Crippen LogP contribution is 2.39. The molecule has 0 bridgehead atoms. The second-order valence-electron chi connectivity index (χ2n) is 6.65. The molecular weight excluding hydrogens is 307 g/mol. The number of nitrogens with zero attached hydrogens (tertiary/aromatic N) is 1. The molecule has 1 aliphatic heterocycles. The van der Waals surface area contributed by atoms with E-state index in [1.807, 2.05) is 25.1 Å². The first kappa shape index (κ1) is 16.5. The molecule has 5 heteroatoms. The van der Waals surface area contributed by atoms with E-state index in [2.05, 4.69) is 0 Å². The molecule has 2 aromatic rings. The van der Waals surface area contributed by atoms with Gasteiger partial charge in [0.2, 0.25) is 0 Å². The summed E-state index contributed by atoms with van der Waals surface area (Å²) in [7, 11) is 0. The third-order valence-corrected chi connectivity index (χ3v) is 4.18. The van der Waals surface area contributed by atoms with Gasteiger partial charge in [-0.25, -0.2) is 4.39 Å². The Morgan fingerprint density at radius 3 is 2.50 bits per heavy atom. The van der Waals surface area contributed by atoms with Crippen molar-refractivity contribution < 1.29 is 13.9 Å². The first-order chi connectivity index (χ1) is 11.3. The predicted octanol–water partition coefficient (Wildman–Crippen LogP) is 3.55. The quantitative estimate of drug-likeness (QED) is 0.937. The van der Waals surface area contributed by atoms with Crippen molar-refractivity contribution in [3.05, 3.63) is 59.4 Å². The summed E-state index contributed by atoms with van der Waals surface area (Å²) in [5, 5.41) is 0. The van der Waals surface area contributed by atoms with Crippen molar-refractivity contribution in [3.63, 3.8) is 0 Å². The molecule has 2 aromatic carbocycles. The van der Waals surface area contributed by atoms with Gasteiger partial charge in [0.25, 0.3) is 5.91 Å². The lowest BCUT2D eigenvalue weighted by Gasteiger charge is -2.39. The summed E-state index contributed by atoms with van der Waals surface area (Å²) < 4.78 is 19.0. The summed E-state index contributed by atoms with van der Waals surface area (Å²) >= 11 is 0. The number of carbonyl (C=O) groups is 1. The highest BCUT2D eigenvalue weighted by atomic mass is 19.1. The molecule has 1 atom stereocenters. The molecule has 1 aliphatic rings. The Balaban J connectivity index is 2.04. The van der Waals surface area contributed by atoms with Crippen LogP contribution in [0.25, 0.3) is 0 Å². The van der Waals surface area contributed by atoms with E-state index < -0.39 is 5.60 Å². The van der Waals surface area contributed by atoms with Crippen molar-refractivity contribution in [2.75, 3.05) is 4.90 Å². The van der Waals surface area contributed by atoms with E-state index in [0.717, 1.165) is 11.1 Å². The lowest BCUT2D eigenvalue weighted by molar-refractivity contribution is -0.132. The van der Waals surface area contributed by atoms with Gasteiger partial charge in [0, 0.05) is 6.04 Å². The standard InChI is InChI=1S/C19H21FN2O2/c1-12(21)14-6-9-17-16(10-14)22(18(23)19(2,3)24-17)11-13-4-7-15(20)8-5-13/h4-10,12H,11,21H2,1-3H3. The molecule has 0 radical (unpaired) electrons. The van der Waals surface area contributed by atoms with Crippen LogP contribution in [0.3, 0.4) is 0 Å². The summed E-state index contributed by atoms with van der Waals surface area (Å²) in [6.45, 7) is 5.73. The highest BCUT2D eigenvalue weighted by Gasteiger charge is 2.41. The largest absolute Gasteiger partial charge is 0.476 e. The van der Waals surface area contributed by atoms with E-state index in [0.29, 0.717) is 18.0 Å². The monoisotopic (exact) mass is 328 g/mol. The number of hydrogen-bond donors (Lipinski definition) is 1. The van der Waals surface area contributed by atoms with Crippen molar-refractivity contribution in [2.45, 2.75) is 39.0 Å². The molecule has 126 valence electrons. The van der Waals surface area contributed by atoms with Gasteiger partial charge in [0.1, 0.15) is 11.6 Å². The summed E-state index contributed by atoms with van der Waals surface area (Å²) in [5.74, 6) is 0.208. The van der Waals surface area contributed by atoms with Gasteiger partial charge in [-0.3, -0.25) is 4.79 Å². The molecule has 0 aromatic heterocycles. The Hall–Kier alpha value is -2.40. The average molecular weight is 328 g/mol. The van der Waals surface area contributed by atoms with Crippen molar-refractivity contribution in [1.29, 1.82) is 0 Å². The number of benzene rings is 2. The van der Waals surface area contributed by atoms with Gasteiger partial charge in [0.15, 0.2) is 5.60 Å². The number of ether oxygens (including phenoxy) is 1. The van der Waals surface area contributed by atoms with Gasteiger partial charge in [-0.05, 0) is 56.2 Å². The molecule has 1 amide bonds. The van der Waals surface area contributed by atoms with Crippen molar-refractivity contribution in [2.24, 2.45) is 5.73 Å². The van der Waals surface area contributed by atoms with Crippen molar-refractivity contribution in [1.82, 2.24) is 0 Å². The maximum atomic E-state index is 13.1. The van der Waals surface area contributed by atoms with Crippen LogP contribution >= 0.6 is 0 Å². The topological polar surface area (TPSA) is 55.6 Å². The second kappa shape index (κ2) is 5.91. The molecule has 1 unspecified atom stereocenters. The van der Waals surface area contributed by atoms with E-state index >= 15 is 0 Å². The number of halogens is 1. The number of nitrogens with two attached hydrogens (primary N) is 1. The van der Waals surface area contributed by atoms with Crippen LogP contribution in [0.2, 0.25) is 0 Å². The van der Waals surface area contributed by atoms with Crippen LogP contribution in [0.1, 0.15) is 37.9 Å². The highest BCUT2D eigenvalue weighted by molar-refractivity contribution is 6.02. The summed E-state index contributed by atoms with van der Waals surface area (Å²) in [4.78, 5) is 14.5. The molecule has 4 nitrogen and oxygen atoms in total. The van der Waals surface area contributed by atoms with E-state index in [1.165, 1.54) is 12.1 Å². The number of amides is 1.